The van der Waals surface area contributed by atoms with Crippen LogP contribution in [0.1, 0.15) is 12.8 Å². The Morgan fingerprint density at radius 2 is 1.94 bits per heavy atom. The van der Waals surface area contributed by atoms with Crippen LogP contribution < -0.4 is 5.32 Å². The van der Waals surface area contributed by atoms with E-state index in [1.165, 1.54) is 25.0 Å². The summed E-state index contributed by atoms with van der Waals surface area (Å²) in [5, 5.41) is 14.3. The summed E-state index contributed by atoms with van der Waals surface area (Å²) in [6, 6.07) is 2.62. The first kappa shape index (κ1) is 11.5. The van der Waals surface area contributed by atoms with Gasteiger partial charge in [0, 0.05) is 18.7 Å². The molecule has 0 aliphatic heterocycles. The molecule has 1 N–H and O–H groups in total. The molecule has 0 amide bonds. The summed E-state index contributed by atoms with van der Waals surface area (Å²) in [6.07, 6.45) is 2.43. The van der Waals surface area contributed by atoms with Gasteiger partial charge in [0.25, 0.3) is 5.69 Å². The van der Waals surface area contributed by atoms with Gasteiger partial charge in [-0.25, -0.2) is 0 Å². The molecule has 1 aliphatic carbocycles. The van der Waals surface area contributed by atoms with Gasteiger partial charge >= 0.3 is 0 Å². The predicted molar refractivity (Wildman–Crippen MR) is 64.3 cm³/mol. The first-order chi connectivity index (χ1) is 7.58. The maximum atomic E-state index is 10.6. The van der Waals surface area contributed by atoms with Gasteiger partial charge in [0.05, 0.1) is 20.7 Å². The molecule has 1 aromatic carbocycles. The van der Waals surface area contributed by atoms with Gasteiger partial charge in [0.2, 0.25) is 0 Å². The van der Waals surface area contributed by atoms with Crippen molar-refractivity contribution in [3.8, 4) is 0 Å². The number of halogens is 2. The van der Waals surface area contributed by atoms with Crippen molar-refractivity contribution in [3.63, 3.8) is 0 Å². The van der Waals surface area contributed by atoms with Crippen molar-refractivity contribution in [2.24, 2.45) is 5.92 Å². The van der Waals surface area contributed by atoms with Crippen molar-refractivity contribution in [1.29, 1.82) is 0 Å². The number of hydrogen-bond acceptors (Lipinski definition) is 3. The number of nitro benzene ring substituents is 1. The van der Waals surface area contributed by atoms with E-state index in [0.29, 0.717) is 21.7 Å². The minimum Gasteiger partial charge on any atom is -0.382 e. The third kappa shape index (κ3) is 2.57. The van der Waals surface area contributed by atoms with Gasteiger partial charge in [-0.15, -0.1) is 0 Å². The third-order valence-corrected chi connectivity index (χ3v) is 3.10. The van der Waals surface area contributed by atoms with Crippen LogP contribution in [0.25, 0.3) is 0 Å². The maximum Gasteiger partial charge on any atom is 0.272 e. The molecule has 0 radical (unpaired) electrons. The van der Waals surface area contributed by atoms with Crippen molar-refractivity contribution >= 4 is 34.6 Å². The smallest absolute Gasteiger partial charge is 0.272 e. The van der Waals surface area contributed by atoms with Gasteiger partial charge in [-0.05, 0) is 18.8 Å². The number of benzene rings is 1. The van der Waals surface area contributed by atoms with Gasteiger partial charge in [0.15, 0.2) is 0 Å². The second-order valence-electron chi connectivity index (χ2n) is 3.87. The molecule has 0 heterocycles. The molecular formula is C10H10Cl2N2O2. The highest BCUT2D eigenvalue weighted by molar-refractivity contribution is 6.39. The summed E-state index contributed by atoms with van der Waals surface area (Å²) in [6.45, 7) is 0.817. The third-order valence-electron chi connectivity index (χ3n) is 2.50. The van der Waals surface area contributed by atoms with Crippen LogP contribution in [-0.4, -0.2) is 11.5 Å². The zero-order valence-electron chi connectivity index (χ0n) is 8.37. The zero-order chi connectivity index (χ0) is 11.7. The summed E-state index contributed by atoms with van der Waals surface area (Å²) in [4.78, 5) is 10.0. The summed E-state index contributed by atoms with van der Waals surface area (Å²) >= 11 is 11.9. The minimum absolute atomic E-state index is 0.0908. The Hall–Kier alpha value is -1.00. The van der Waals surface area contributed by atoms with Crippen molar-refractivity contribution in [2.75, 3.05) is 11.9 Å². The lowest BCUT2D eigenvalue weighted by atomic mass is 10.2. The molecule has 0 saturated heterocycles. The van der Waals surface area contributed by atoms with E-state index < -0.39 is 4.92 Å². The van der Waals surface area contributed by atoms with Gasteiger partial charge in [0.1, 0.15) is 0 Å². The van der Waals surface area contributed by atoms with E-state index in [1.54, 1.807) is 0 Å². The molecule has 0 atom stereocenters. The lowest BCUT2D eigenvalue weighted by Gasteiger charge is -2.09. The highest BCUT2D eigenvalue weighted by Gasteiger charge is 2.22. The Bertz CT molecular complexity index is 410. The zero-order valence-corrected chi connectivity index (χ0v) is 9.88. The van der Waals surface area contributed by atoms with E-state index >= 15 is 0 Å². The molecule has 6 heteroatoms. The predicted octanol–water partition coefficient (Wildman–Crippen LogP) is 3.72. The molecule has 0 aromatic heterocycles. The van der Waals surface area contributed by atoms with Gasteiger partial charge in [-0.2, -0.15) is 0 Å². The number of nitrogens with zero attached hydrogens (tertiary/aromatic N) is 1. The lowest BCUT2D eigenvalue weighted by molar-refractivity contribution is -0.384. The van der Waals surface area contributed by atoms with Crippen LogP contribution in [0.5, 0.6) is 0 Å². The average Bonchev–Trinajstić information content (AvgIpc) is 2.99. The van der Waals surface area contributed by atoms with Crippen LogP contribution in [0, 0.1) is 16.0 Å². The Morgan fingerprint density at radius 3 is 2.38 bits per heavy atom. The topological polar surface area (TPSA) is 55.2 Å². The second-order valence-corrected chi connectivity index (χ2v) is 4.68. The van der Waals surface area contributed by atoms with E-state index in [2.05, 4.69) is 5.32 Å². The number of nitro groups is 1. The number of hydrogen-bond donors (Lipinski definition) is 1. The molecule has 1 aromatic rings. The van der Waals surface area contributed by atoms with Gasteiger partial charge in [-0.1, -0.05) is 23.2 Å². The molecule has 0 bridgehead atoms. The largest absolute Gasteiger partial charge is 0.382 e. The number of rotatable bonds is 4. The Kier molecular flexibility index (Phi) is 3.21. The van der Waals surface area contributed by atoms with Crippen LogP contribution >= 0.6 is 23.2 Å². The number of non-ortho nitro benzene ring substituents is 1. The summed E-state index contributed by atoms with van der Waals surface area (Å²) < 4.78 is 0. The monoisotopic (exact) mass is 260 g/mol. The van der Waals surface area contributed by atoms with Crippen LogP contribution in [0.15, 0.2) is 12.1 Å². The second kappa shape index (κ2) is 4.47. The summed E-state index contributed by atoms with van der Waals surface area (Å²) in [5.74, 6) is 0.683. The SMILES string of the molecule is O=[N+]([O-])c1cc(Cl)c(NCC2CC2)c(Cl)c1. The molecule has 0 unspecified atom stereocenters. The Balaban J connectivity index is 2.19. The van der Waals surface area contributed by atoms with Gasteiger partial charge in [-0.3, -0.25) is 10.1 Å². The Labute approximate surface area is 103 Å². The van der Waals surface area contributed by atoms with Gasteiger partial charge < -0.3 is 5.32 Å². The molecule has 2 rings (SSSR count). The van der Waals surface area contributed by atoms with Crippen molar-refractivity contribution in [3.05, 3.63) is 32.3 Å². The highest BCUT2D eigenvalue weighted by atomic mass is 35.5. The molecule has 86 valence electrons. The first-order valence-electron chi connectivity index (χ1n) is 4.95. The molecule has 1 aliphatic rings. The van der Waals surface area contributed by atoms with Crippen molar-refractivity contribution < 1.29 is 4.92 Å². The van der Waals surface area contributed by atoms with Crippen LogP contribution in [0.3, 0.4) is 0 Å². The fourth-order valence-electron chi connectivity index (χ4n) is 1.40. The highest BCUT2D eigenvalue weighted by Crippen LogP contribution is 2.36. The molecule has 0 spiro atoms. The van der Waals surface area contributed by atoms with E-state index in [9.17, 15) is 10.1 Å². The van der Waals surface area contributed by atoms with Crippen LogP contribution in [-0.2, 0) is 0 Å². The fraction of sp³-hybridized carbons (Fsp3) is 0.400. The standard InChI is InChI=1S/C10H10Cl2N2O2/c11-8-3-7(14(15)16)4-9(12)10(8)13-5-6-1-2-6/h3-4,6,13H,1-2,5H2. The van der Waals surface area contributed by atoms with Crippen molar-refractivity contribution in [2.45, 2.75) is 12.8 Å². The quantitative estimate of drug-likeness (QED) is 0.663. The molecule has 1 fully saturated rings. The number of nitrogens with one attached hydrogen (secondary N) is 1. The van der Waals surface area contributed by atoms with E-state index in [0.717, 1.165) is 6.54 Å². The van der Waals surface area contributed by atoms with Crippen LogP contribution in [0.2, 0.25) is 10.0 Å². The van der Waals surface area contributed by atoms with E-state index in [-0.39, 0.29) is 5.69 Å². The molecule has 16 heavy (non-hydrogen) atoms. The van der Waals surface area contributed by atoms with Crippen LogP contribution in [0.4, 0.5) is 11.4 Å². The summed E-state index contributed by atoms with van der Waals surface area (Å²) in [7, 11) is 0. The first-order valence-corrected chi connectivity index (χ1v) is 5.71. The lowest BCUT2D eigenvalue weighted by Crippen LogP contribution is -2.04. The minimum atomic E-state index is -0.511. The number of anilines is 1. The molecule has 1 saturated carbocycles. The van der Waals surface area contributed by atoms with E-state index in [4.69, 9.17) is 23.2 Å². The maximum absolute atomic E-state index is 10.6. The summed E-state index contributed by atoms with van der Waals surface area (Å²) in [5.41, 5.74) is 0.493. The molecule has 4 nitrogen and oxygen atoms in total. The van der Waals surface area contributed by atoms with E-state index in [1.807, 2.05) is 0 Å². The normalized spacial score (nSPS) is 14.9. The average molecular weight is 261 g/mol. The molecular weight excluding hydrogens is 251 g/mol. The Morgan fingerprint density at radius 1 is 1.38 bits per heavy atom. The van der Waals surface area contributed by atoms with Crippen molar-refractivity contribution in [1.82, 2.24) is 0 Å². The fourth-order valence-corrected chi connectivity index (χ4v) is 2.01.